The summed E-state index contributed by atoms with van der Waals surface area (Å²) in [5.41, 5.74) is 0.889. The number of hydrogen-bond donors (Lipinski definition) is 2. The molecule has 2 N–H and O–H groups in total. The lowest BCUT2D eigenvalue weighted by molar-refractivity contribution is 0.200. The maximum absolute atomic E-state index is 12.9. The topological polar surface area (TPSA) is 103 Å². The fourth-order valence-electron chi connectivity index (χ4n) is 3.28. The lowest BCUT2D eigenvalue weighted by Crippen LogP contribution is -2.37. The molecule has 2 aromatic carbocycles. The van der Waals surface area contributed by atoms with Crippen molar-refractivity contribution in [3.05, 3.63) is 60.2 Å². The molecule has 1 aliphatic heterocycles. The van der Waals surface area contributed by atoms with E-state index >= 15 is 0 Å². The van der Waals surface area contributed by atoms with Gasteiger partial charge in [-0.05, 0) is 42.7 Å². The summed E-state index contributed by atoms with van der Waals surface area (Å²) in [7, 11) is -3.75. The van der Waals surface area contributed by atoms with Gasteiger partial charge in [0, 0.05) is 19.6 Å². The maximum Gasteiger partial charge on any atom is 0.412 e. The van der Waals surface area contributed by atoms with E-state index in [-0.39, 0.29) is 10.9 Å². The van der Waals surface area contributed by atoms with Gasteiger partial charge in [-0.15, -0.1) is 0 Å². The summed E-state index contributed by atoms with van der Waals surface area (Å²) >= 11 is 0. The highest BCUT2D eigenvalue weighted by Gasteiger charge is 2.34. The first-order valence-electron chi connectivity index (χ1n) is 10.4. The quantitative estimate of drug-likeness (QED) is 0.619. The van der Waals surface area contributed by atoms with E-state index < -0.39 is 16.1 Å². The SMILES string of the molecule is CCCCN1CCN(S(=O)(=O)c2ccc(CCNC(=O)Oc3ccccc3)cc2)C1=N. The molecule has 8 nitrogen and oxygen atoms in total. The molecule has 1 saturated heterocycles. The Morgan fingerprint density at radius 3 is 2.48 bits per heavy atom. The van der Waals surface area contributed by atoms with Gasteiger partial charge in [0.05, 0.1) is 11.4 Å². The Bertz CT molecular complexity index is 994. The Kier molecular flexibility index (Phi) is 7.51. The fraction of sp³-hybridized carbons (Fsp3) is 0.364. The summed E-state index contributed by atoms with van der Waals surface area (Å²) in [5, 5.41) is 10.9. The van der Waals surface area contributed by atoms with Crippen LogP contribution in [-0.2, 0) is 16.4 Å². The van der Waals surface area contributed by atoms with Crippen LogP contribution in [0.25, 0.3) is 0 Å². The van der Waals surface area contributed by atoms with Gasteiger partial charge in [-0.2, -0.15) is 0 Å². The van der Waals surface area contributed by atoms with Crippen molar-refractivity contribution in [2.75, 3.05) is 26.2 Å². The van der Waals surface area contributed by atoms with Crippen molar-refractivity contribution >= 4 is 22.1 Å². The molecule has 0 radical (unpaired) electrons. The third-order valence-corrected chi connectivity index (χ3v) is 6.84. The number of ether oxygens (including phenoxy) is 1. The molecule has 31 heavy (non-hydrogen) atoms. The second-order valence-corrected chi connectivity index (χ2v) is 9.13. The number of nitrogens with one attached hydrogen (secondary N) is 2. The summed E-state index contributed by atoms with van der Waals surface area (Å²) in [6, 6.07) is 15.4. The molecule has 1 fully saturated rings. The van der Waals surface area contributed by atoms with Gasteiger partial charge in [0.25, 0.3) is 10.0 Å². The van der Waals surface area contributed by atoms with Gasteiger partial charge in [-0.25, -0.2) is 17.5 Å². The standard InChI is InChI=1S/C22H28N4O4S/c1-2-3-15-25-16-17-26(21(25)23)31(28,29)20-11-9-18(10-12-20)13-14-24-22(27)30-19-7-5-4-6-8-19/h4-12,23H,2-3,13-17H2,1H3,(H,24,27). The first-order valence-corrected chi connectivity index (χ1v) is 11.8. The van der Waals surface area contributed by atoms with Gasteiger partial charge in [0.2, 0.25) is 5.96 Å². The Hall–Kier alpha value is -3.07. The minimum atomic E-state index is -3.75. The summed E-state index contributed by atoms with van der Waals surface area (Å²) in [4.78, 5) is 13.8. The van der Waals surface area contributed by atoms with Crippen molar-refractivity contribution in [2.45, 2.75) is 31.1 Å². The van der Waals surface area contributed by atoms with Crippen LogP contribution in [0.2, 0.25) is 0 Å². The second kappa shape index (κ2) is 10.3. The van der Waals surface area contributed by atoms with Crippen LogP contribution in [-0.4, -0.2) is 55.9 Å². The zero-order valence-electron chi connectivity index (χ0n) is 17.6. The van der Waals surface area contributed by atoms with Crippen LogP contribution in [0.4, 0.5) is 4.79 Å². The summed E-state index contributed by atoms with van der Waals surface area (Å²) in [6.07, 6.45) is 1.93. The number of para-hydroxylation sites is 1. The molecule has 0 aliphatic carbocycles. The van der Waals surface area contributed by atoms with Crippen LogP contribution < -0.4 is 10.1 Å². The summed E-state index contributed by atoms with van der Waals surface area (Å²) in [5.74, 6) is 0.508. The Balaban J connectivity index is 1.52. The number of nitrogens with zero attached hydrogens (tertiary/aromatic N) is 2. The first-order chi connectivity index (χ1) is 14.9. The molecular weight excluding hydrogens is 416 g/mol. The molecule has 0 atom stereocenters. The van der Waals surface area contributed by atoms with Crippen LogP contribution in [0, 0.1) is 5.41 Å². The molecule has 2 aromatic rings. The highest BCUT2D eigenvalue weighted by Crippen LogP contribution is 2.21. The van der Waals surface area contributed by atoms with Gasteiger partial charge >= 0.3 is 6.09 Å². The molecule has 3 rings (SSSR count). The van der Waals surface area contributed by atoms with Crippen LogP contribution in [0.15, 0.2) is 59.5 Å². The van der Waals surface area contributed by atoms with Crippen molar-refractivity contribution in [3.8, 4) is 5.75 Å². The van der Waals surface area contributed by atoms with Crippen LogP contribution in [0.3, 0.4) is 0 Å². The predicted octanol–water partition coefficient (Wildman–Crippen LogP) is 3.06. The number of sulfonamides is 1. The van der Waals surface area contributed by atoms with Crippen molar-refractivity contribution in [3.63, 3.8) is 0 Å². The molecule has 0 unspecified atom stereocenters. The van der Waals surface area contributed by atoms with Crippen molar-refractivity contribution in [2.24, 2.45) is 0 Å². The van der Waals surface area contributed by atoms with Crippen LogP contribution in [0.1, 0.15) is 25.3 Å². The molecular formula is C22H28N4O4S. The average Bonchev–Trinajstić information content (AvgIpc) is 3.14. The third-order valence-electron chi connectivity index (χ3n) is 5.04. The maximum atomic E-state index is 12.9. The zero-order chi connectivity index (χ0) is 22.3. The summed E-state index contributed by atoms with van der Waals surface area (Å²) in [6.45, 7) is 3.96. The van der Waals surface area contributed by atoms with Crippen molar-refractivity contribution in [1.29, 1.82) is 5.41 Å². The second-order valence-electron chi connectivity index (χ2n) is 7.26. The molecule has 166 valence electrons. The van der Waals surface area contributed by atoms with Crippen LogP contribution in [0.5, 0.6) is 5.75 Å². The zero-order valence-corrected chi connectivity index (χ0v) is 18.4. The minimum Gasteiger partial charge on any atom is -0.410 e. The number of carbonyl (C=O) groups excluding carboxylic acids is 1. The number of carbonyl (C=O) groups is 1. The van der Waals surface area contributed by atoms with E-state index in [2.05, 4.69) is 12.2 Å². The molecule has 1 aliphatic rings. The van der Waals surface area contributed by atoms with E-state index in [1.54, 1.807) is 53.4 Å². The Morgan fingerprint density at radius 1 is 1.10 bits per heavy atom. The minimum absolute atomic E-state index is 0.0404. The molecule has 1 heterocycles. The van der Waals surface area contributed by atoms with Gasteiger partial charge in [-0.3, -0.25) is 5.41 Å². The normalized spacial score (nSPS) is 14.0. The molecule has 1 amide bonds. The van der Waals surface area contributed by atoms with Crippen molar-refractivity contribution < 1.29 is 17.9 Å². The number of hydrogen-bond acceptors (Lipinski definition) is 5. The Labute approximate surface area is 183 Å². The number of unbranched alkanes of at least 4 members (excludes halogenated alkanes) is 1. The summed E-state index contributed by atoms with van der Waals surface area (Å²) < 4.78 is 32.2. The molecule has 0 spiro atoms. The van der Waals surface area contributed by atoms with Crippen molar-refractivity contribution in [1.82, 2.24) is 14.5 Å². The lowest BCUT2D eigenvalue weighted by atomic mass is 10.1. The monoisotopic (exact) mass is 444 g/mol. The molecule has 0 bridgehead atoms. The molecule has 0 aromatic heterocycles. The average molecular weight is 445 g/mol. The van der Waals surface area contributed by atoms with E-state index in [0.717, 1.165) is 18.4 Å². The Morgan fingerprint density at radius 2 is 1.81 bits per heavy atom. The van der Waals surface area contributed by atoms with Gasteiger partial charge in [0.15, 0.2) is 0 Å². The third kappa shape index (κ3) is 5.75. The fourth-order valence-corrected chi connectivity index (χ4v) is 4.68. The van der Waals surface area contributed by atoms with E-state index in [9.17, 15) is 13.2 Å². The first kappa shape index (κ1) is 22.6. The largest absolute Gasteiger partial charge is 0.412 e. The molecule has 9 heteroatoms. The number of rotatable bonds is 9. The number of benzene rings is 2. The van der Waals surface area contributed by atoms with E-state index in [1.165, 1.54) is 4.31 Å². The van der Waals surface area contributed by atoms with Gasteiger partial charge < -0.3 is 15.0 Å². The van der Waals surface area contributed by atoms with Crippen LogP contribution >= 0.6 is 0 Å². The smallest absolute Gasteiger partial charge is 0.410 e. The van der Waals surface area contributed by atoms with Gasteiger partial charge in [0.1, 0.15) is 5.75 Å². The predicted molar refractivity (Wildman–Crippen MR) is 119 cm³/mol. The highest BCUT2D eigenvalue weighted by molar-refractivity contribution is 7.89. The molecule has 0 saturated carbocycles. The van der Waals surface area contributed by atoms with E-state index in [1.807, 2.05) is 6.07 Å². The lowest BCUT2D eigenvalue weighted by Gasteiger charge is -2.21. The number of guanidine groups is 1. The number of amides is 1. The van der Waals surface area contributed by atoms with E-state index in [4.69, 9.17) is 10.1 Å². The van der Waals surface area contributed by atoms with Gasteiger partial charge in [-0.1, -0.05) is 43.7 Å². The highest BCUT2D eigenvalue weighted by atomic mass is 32.2. The van der Waals surface area contributed by atoms with E-state index in [0.29, 0.717) is 38.3 Å².